The van der Waals surface area contributed by atoms with Gasteiger partial charge in [-0.3, -0.25) is 0 Å². The first kappa shape index (κ1) is 43.2. The predicted molar refractivity (Wildman–Crippen MR) is 329 cm³/mol. The Morgan fingerprint density at radius 3 is 1.62 bits per heavy atom. The van der Waals surface area contributed by atoms with Gasteiger partial charge in [-0.15, -0.1) is 21.9 Å². The van der Waals surface area contributed by atoms with Gasteiger partial charge in [0.1, 0.15) is 116 Å². The van der Waals surface area contributed by atoms with Crippen LogP contribution in [0.25, 0.3) is 117 Å². The van der Waals surface area contributed by atoms with E-state index in [1.807, 2.05) is 0 Å². The maximum absolute atomic E-state index is 7.08. The first-order chi connectivity index (χ1) is 33.2. The quantitative estimate of drug-likeness (QED) is 0.161. The van der Waals surface area contributed by atoms with Crippen LogP contribution in [0.4, 0.5) is 0 Å². The summed E-state index contributed by atoms with van der Waals surface area (Å²) in [6.45, 7) is 0. The number of furan rings is 2. The number of hydrogen-bond acceptors (Lipinski definition) is 5. The number of nitrogens with zero attached hydrogens (tertiary/aromatic N) is 4. The van der Waals surface area contributed by atoms with Gasteiger partial charge in [0.05, 0.1) is 16.6 Å². The minimum Gasteiger partial charge on any atom is -0.456 e. The van der Waals surface area contributed by atoms with Crippen molar-refractivity contribution in [2.45, 2.75) is 0 Å². The third kappa shape index (κ3) is 6.33. The summed E-state index contributed by atoms with van der Waals surface area (Å²) < 4.78 is 16.2. The molecule has 0 atom stereocenters. The van der Waals surface area contributed by atoms with Gasteiger partial charge >= 0.3 is 0 Å². The molecule has 0 aliphatic carbocycles. The number of para-hydroxylation sites is 1. The minimum atomic E-state index is 0.577. The fourth-order valence-corrected chi connectivity index (χ4v) is 11.3. The van der Waals surface area contributed by atoms with Gasteiger partial charge in [-0.1, -0.05) is 110 Å². The lowest BCUT2D eigenvalue weighted by Crippen LogP contribution is -2.55. The van der Waals surface area contributed by atoms with E-state index in [1.165, 1.54) is 81.9 Å². The maximum Gasteiger partial charge on any atom is 0.167 e. The standard InChI is InChI=1S/C51H42B12N4O2/c52-35-31-32-36(53)41(58)45(62)46(63)48(32)69-47(31)34(39(56)40(35)57)51-65-49(64-50(66-51)33-37(54)42(59)44(61)43(60)38(33)55)21-11-14-25-26-18-22(12-15-29(26)68-30(25)17-21)67-27-9-5-4-8-23(27)24-13-10-20(16-28(24)67)19-6-2-1-3-7-19/h1-18H,52-63H2. The summed E-state index contributed by atoms with van der Waals surface area (Å²) in [6, 6.07) is 39.0. The van der Waals surface area contributed by atoms with Gasteiger partial charge in [-0.2, -0.15) is 0 Å². The topological polar surface area (TPSA) is 69.9 Å². The summed E-state index contributed by atoms with van der Waals surface area (Å²) in [7, 11) is 26.4. The van der Waals surface area contributed by atoms with Crippen LogP contribution < -0.4 is 65.6 Å². The molecule has 0 unspecified atom stereocenters. The highest BCUT2D eigenvalue weighted by Crippen LogP contribution is 2.39. The van der Waals surface area contributed by atoms with Gasteiger partial charge < -0.3 is 13.4 Å². The Balaban J connectivity index is 1.07. The third-order valence-corrected chi connectivity index (χ3v) is 16.2. The van der Waals surface area contributed by atoms with Crippen LogP contribution in [0, 0.1) is 0 Å². The zero-order chi connectivity index (χ0) is 47.9. The van der Waals surface area contributed by atoms with E-state index in [0.717, 1.165) is 82.8 Å². The van der Waals surface area contributed by atoms with Crippen LogP contribution in [0.15, 0.2) is 118 Å². The average molecular weight is 873 g/mol. The second-order valence-corrected chi connectivity index (χ2v) is 19.5. The van der Waals surface area contributed by atoms with Crippen LogP contribution in [0.3, 0.4) is 0 Å². The van der Waals surface area contributed by atoms with E-state index in [0.29, 0.717) is 17.5 Å². The lowest BCUT2D eigenvalue weighted by Gasteiger charge is -2.20. The highest BCUT2D eigenvalue weighted by atomic mass is 16.3. The van der Waals surface area contributed by atoms with Crippen LogP contribution in [-0.4, -0.2) is 114 Å². The summed E-state index contributed by atoms with van der Waals surface area (Å²) >= 11 is 0. The summed E-state index contributed by atoms with van der Waals surface area (Å²) in [5.74, 6) is 1.82. The van der Waals surface area contributed by atoms with E-state index in [-0.39, 0.29) is 0 Å². The van der Waals surface area contributed by atoms with Gasteiger partial charge in [0, 0.05) is 49.1 Å². The smallest absolute Gasteiger partial charge is 0.167 e. The van der Waals surface area contributed by atoms with Crippen molar-refractivity contribution in [1.29, 1.82) is 0 Å². The van der Waals surface area contributed by atoms with Crippen molar-refractivity contribution in [3.8, 4) is 51.0 Å². The fourth-order valence-electron chi connectivity index (χ4n) is 11.3. The number of hydrogen-bond donors (Lipinski definition) is 0. The zero-order valence-corrected chi connectivity index (χ0v) is 41.5. The van der Waals surface area contributed by atoms with Gasteiger partial charge in [-0.25, -0.2) is 15.0 Å². The molecule has 0 fully saturated rings. The third-order valence-electron chi connectivity index (χ3n) is 16.2. The second kappa shape index (κ2) is 15.7. The van der Waals surface area contributed by atoms with Crippen molar-refractivity contribution in [2.24, 2.45) is 0 Å². The molecule has 6 nitrogen and oxygen atoms in total. The van der Waals surface area contributed by atoms with E-state index >= 15 is 0 Å². The van der Waals surface area contributed by atoms with Crippen molar-refractivity contribution in [3.63, 3.8) is 0 Å². The van der Waals surface area contributed by atoms with Crippen molar-refractivity contribution in [2.75, 3.05) is 0 Å². The molecule has 0 aliphatic rings. The first-order valence-corrected chi connectivity index (χ1v) is 24.0. The van der Waals surface area contributed by atoms with Crippen LogP contribution in [0.5, 0.6) is 0 Å². The van der Waals surface area contributed by atoms with E-state index in [2.05, 4.69) is 208 Å². The molecule has 18 heteroatoms. The van der Waals surface area contributed by atoms with Gasteiger partial charge in [0.2, 0.25) is 0 Å². The Bertz CT molecular complexity index is 4210. The molecule has 69 heavy (non-hydrogen) atoms. The second-order valence-electron chi connectivity index (χ2n) is 19.5. The summed E-state index contributed by atoms with van der Waals surface area (Å²) in [5.41, 5.74) is 26.5. The largest absolute Gasteiger partial charge is 0.456 e. The molecule has 4 aromatic heterocycles. The van der Waals surface area contributed by atoms with Gasteiger partial charge in [0.25, 0.3) is 0 Å². The van der Waals surface area contributed by atoms with Crippen LogP contribution >= 0.6 is 0 Å². The molecule has 12 rings (SSSR count). The van der Waals surface area contributed by atoms with E-state index < -0.39 is 0 Å². The molecular formula is C51H42B12N4O2. The maximum atomic E-state index is 7.08. The Kier molecular flexibility index (Phi) is 9.87. The van der Waals surface area contributed by atoms with E-state index in [9.17, 15) is 0 Å². The van der Waals surface area contributed by atoms with Gasteiger partial charge in [0.15, 0.2) is 17.5 Å². The summed E-state index contributed by atoms with van der Waals surface area (Å²) in [6.07, 6.45) is 0. The molecule has 0 saturated heterocycles. The Morgan fingerprint density at radius 1 is 0.333 bits per heavy atom. The highest BCUT2D eigenvalue weighted by molar-refractivity contribution is 6.70. The van der Waals surface area contributed by atoms with Gasteiger partial charge in [-0.05, 0) is 53.6 Å². The number of rotatable bonds is 5. The molecule has 314 valence electrons. The van der Waals surface area contributed by atoms with Crippen molar-refractivity contribution >= 4 is 225 Å². The Morgan fingerprint density at radius 2 is 0.884 bits per heavy atom. The Labute approximate surface area is 411 Å². The fraction of sp³-hybridized carbons (Fsp3) is 0. The van der Waals surface area contributed by atoms with Crippen LogP contribution in [0.1, 0.15) is 0 Å². The van der Waals surface area contributed by atoms with Crippen molar-refractivity contribution in [1.82, 2.24) is 19.5 Å². The molecule has 0 bridgehead atoms. The molecule has 4 heterocycles. The summed E-state index contributed by atoms with van der Waals surface area (Å²) in [4.78, 5) is 16.2. The summed E-state index contributed by atoms with van der Waals surface area (Å²) in [5, 5.41) is 6.81. The molecule has 0 saturated carbocycles. The lowest BCUT2D eigenvalue weighted by molar-refractivity contribution is 0.669. The predicted octanol–water partition coefficient (Wildman–Crippen LogP) is -7.46. The van der Waals surface area contributed by atoms with Crippen molar-refractivity contribution < 1.29 is 8.83 Å². The zero-order valence-electron chi connectivity index (χ0n) is 41.5. The highest BCUT2D eigenvalue weighted by Gasteiger charge is 2.27. The number of aromatic nitrogens is 4. The molecule has 0 amide bonds. The molecular weight excluding hydrogens is 830 g/mol. The van der Waals surface area contributed by atoms with Crippen LogP contribution in [0.2, 0.25) is 0 Å². The lowest BCUT2D eigenvalue weighted by atomic mass is 9.60. The molecule has 0 aliphatic heterocycles. The SMILES string of the molecule is Bc1c(B)c(B)c(-c2nc(-c3ccc4c(c3)oc3ccc(-n5c6ccccc6c6ccc(-c7ccccc7)cc65)cc34)nc(-c3c(B)c(B)c(B)c4c3oc3c(B)c(B)c(B)c(B)c34)n2)c(B)c1B. The minimum absolute atomic E-state index is 0.577. The van der Waals surface area contributed by atoms with Crippen molar-refractivity contribution in [3.05, 3.63) is 109 Å². The van der Waals surface area contributed by atoms with E-state index in [4.69, 9.17) is 23.8 Å². The average Bonchev–Trinajstić information content (AvgIpc) is 4.05. The normalized spacial score (nSPS) is 11.9. The monoisotopic (exact) mass is 874 g/mol. The van der Waals surface area contributed by atoms with Crippen LogP contribution in [-0.2, 0) is 0 Å². The first-order valence-electron chi connectivity index (χ1n) is 24.0. The van der Waals surface area contributed by atoms with E-state index in [1.54, 1.807) is 0 Å². The Hall–Kier alpha value is -7.05. The molecule has 0 N–H and O–H groups in total. The molecule has 8 aromatic carbocycles. The molecule has 0 radical (unpaired) electrons. The molecule has 0 spiro atoms. The number of benzene rings is 8. The molecule has 12 aromatic rings. The number of fused-ring (bicyclic) bond motifs is 9.